The Morgan fingerprint density at radius 3 is 2.03 bits per heavy atom. The lowest BCUT2D eigenvalue weighted by Gasteiger charge is -2.22. The Balaban J connectivity index is 1.87. The maximum atomic E-state index is 13.2. The van der Waals surface area contributed by atoms with Crippen molar-refractivity contribution in [3.8, 4) is 5.75 Å². The van der Waals surface area contributed by atoms with Gasteiger partial charge in [-0.1, -0.05) is 42.5 Å². The average molecular weight is 411 g/mol. The highest BCUT2D eigenvalue weighted by molar-refractivity contribution is 7.89. The molecule has 7 heteroatoms. The summed E-state index contributed by atoms with van der Waals surface area (Å²) >= 11 is 0. The van der Waals surface area contributed by atoms with Crippen LogP contribution in [0.3, 0.4) is 0 Å². The number of carboxylic acid groups (broad SMARTS) is 1. The van der Waals surface area contributed by atoms with Crippen molar-refractivity contribution in [2.75, 3.05) is 6.54 Å². The number of aromatic hydroxyl groups is 1. The molecule has 0 heterocycles. The summed E-state index contributed by atoms with van der Waals surface area (Å²) in [5.74, 6) is -0.955. The van der Waals surface area contributed by atoms with E-state index >= 15 is 0 Å². The summed E-state index contributed by atoms with van der Waals surface area (Å²) in [6.07, 6.45) is 0.472. The predicted molar refractivity (Wildman–Crippen MR) is 109 cm³/mol. The van der Waals surface area contributed by atoms with Crippen LogP contribution in [0.15, 0.2) is 83.8 Å². The number of hydrogen-bond acceptors (Lipinski definition) is 4. The van der Waals surface area contributed by atoms with Crippen LogP contribution in [0.25, 0.3) is 0 Å². The zero-order valence-electron chi connectivity index (χ0n) is 15.6. The van der Waals surface area contributed by atoms with Crippen molar-refractivity contribution < 1.29 is 23.4 Å². The van der Waals surface area contributed by atoms with E-state index in [9.17, 15) is 18.3 Å². The summed E-state index contributed by atoms with van der Waals surface area (Å²) in [6, 6.07) is 21.1. The third kappa shape index (κ3) is 5.22. The molecule has 0 atom stereocenters. The number of carbonyl (C=O) groups is 1. The van der Waals surface area contributed by atoms with E-state index in [4.69, 9.17) is 5.11 Å². The van der Waals surface area contributed by atoms with Crippen LogP contribution in [0.1, 0.15) is 21.5 Å². The van der Waals surface area contributed by atoms with E-state index in [1.165, 1.54) is 28.6 Å². The second-order valence-corrected chi connectivity index (χ2v) is 8.51. The summed E-state index contributed by atoms with van der Waals surface area (Å²) in [7, 11) is -3.83. The number of phenolic OH excluding ortho intramolecular Hbond substituents is 1. The van der Waals surface area contributed by atoms with E-state index in [1.807, 2.05) is 30.3 Å². The molecule has 3 aromatic rings. The lowest BCUT2D eigenvalue weighted by Crippen LogP contribution is -2.32. The largest absolute Gasteiger partial charge is 0.508 e. The quantitative estimate of drug-likeness (QED) is 0.591. The fourth-order valence-corrected chi connectivity index (χ4v) is 4.34. The fraction of sp³-hybridized carbons (Fsp3) is 0.136. The van der Waals surface area contributed by atoms with Crippen LogP contribution in [0.5, 0.6) is 5.75 Å². The number of hydrogen-bond donors (Lipinski definition) is 2. The maximum Gasteiger partial charge on any atom is 0.335 e. The molecular weight excluding hydrogens is 390 g/mol. The molecule has 150 valence electrons. The normalized spacial score (nSPS) is 11.5. The van der Waals surface area contributed by atoms with Crippen LogP contribution < -0.4 is 0 Å². The van der Waals surface area contributed by atoms with Gasteiger partial charge in [-0.2, -0.15) is 4.31 Å². The number of sulfonamides is 1. The minimum atomic E-state index is -3.83. The molecule has 2 N–H and O–H groups in total. The summed E-state index contributed by atoms with van der Waals surface area (Å²) in [5.41, 5.74) is 1.78. The van der Waals surface area contributed by atoms with E-state index in [-0.39, 0.29) is 29.3 Å². The number of nitrogens with zero attached hydrogens (tertiary/aromatic N) is 1. The molecule has 0 aliphatic heterocycles. The minimum Gasteiger partial charge on any atom is -0.508 e. The van der Waals surface area contributed by atoms with E-state index in [0.717, 1.165) is 11.1 Å². The number of carboxylic acids is 1. The van der Waals surface area contributed by atoms with Gasteiger partial charge in [0, 0.05) is 13.1 Å². The maximum absolute atomic E-state index is 13.2. The Morgan fingerprint density at radius 2 is 1.45 bits per heavy atom. The second kappa shape index (κ2) is 8.89. The van der Waals surface area contributed by atoms with Gasteiger partial charge < -0.3 is 10.2 Å². The Morgan fingerprint density at radius 1 is 0.828 bits per heavy atom. The molecule has 0 bridgehead atoms. The molecule has 29 heavy (non-hydrogen) atoms. The second-order valence-electron chi connectivity index (χ2n) is 6.57. The zero-order valence-corrected chi connectivity index (χ0v) is 16.4. The van der Waals surface area contributed by atoms with Gasteiger partial charge in [0.1, 0.15) is 5.75 Å². The van der Waals surface area contributed by atoms with Gasteiger partial charge in [0.05, 0.1) is 10.5 Å². The Kier molecular flexibility index (Phi) is 6.31. The molecule has 0 saturated heterocycles. The molecule has 0 amide bonds. The van der Waals surface area contributed by atoms with E-state index in [1.54, 1.807) is 24.3 Å². The van der Waals surface area contributed by atoms with E-state index in [2.05, 4.69) is 0 Å². The fourth-order valence-electron chi connectivity index (χ4n) is 2.91. The molecule has 0 spiro atoms. The first-order valence-corrected chi connectivity index (χ1v) is 10.5. The molecule has 0 aliphatic rings. The summed E-state index contributed by atoms with van der Waals surface area (Å²) in [6.45, 7) is 0.435. The van der Waals surface area contributed by atoms with Crippen molar-refractivity contribution in [1.82, 2.24) is 4.31 Å². The predicted octanol–water partition coefficient (Wildman–Crippen LogP) is 3.52. The summed E-state index contributed by atoms with van der Waals surface area (Å²) in [5, 5.41) is 18.5. The molecule has 0 fully saturated rings. The number of benzene rings is 3. The van der Waals surface area contributed by atoms with Gasteiger partial charge in [-0.3, -0.25) is 0 Å². The Labute approximate surface area is 169 Å². The van der Waals surface area contributed by atoms with E-state index in [0.29, 0.717) is 6.42 Å². The molecule has 0 aliphatic carbocycles. The highest BCUT2D eigenvalue weighted by Gasteiger charge is 2.25. The van der Waals surface area contributed by atoms with Crippen molar-refractivity contribution >= 4 is 16.0 Å². The third-order valence-corrected chi connectivity index (χ3v) is 6.39. The Bertz CT molecular complexity index is 1060. The van der Waals surface area contributed by atoms with Crippen LogP contribution in [0.2, 0.25) is 0 Å². The summed E-state index contributed by atoms with van der Waals surface area (Å²) < 4.78 is 27.8. The van der Waals surface area contributed by atoms with E-state index < -0.39 is 16.0 Å². The monoisotopic (exact) mass is 411 g/mol. The van der Waals surface area contributed by atoms with Gasteiger partial charge in [0.15, 0.2) is 0 Å². The van der Waals surface area contributed by atoms with Crippen LogP contribution in [0.4, 0.5) is 0 Å². The molecule has 0 radical (unpaired) electrons. The molecule has 3 aromatic carbocycles. The van der Waals surface area contributed by atoms with Crippen LogP contribution in [-0.4, -0.2) is 35.5 Å². The topological polar surface area (TPSA) is 94.9 Å². The lowest BCUT2D eigenvalue weighted by molar-refractivity contribution is 0.0696. The Hall–Kier alpha value is -3.16. The number of aromatic carboxylic acids is 1. The average Bonchev–Trinajstić information content (AvgIpc) is 2.73. The van der Waals surface area contributed by atoms with Crippen LogP contribution in [-0.2, 0) is 23.0 Å². The smallest absolute Gasteiger partial charge is 0.335 e. The standard InChI is InChI=1S/C22H21NO5S/c24-20-10-6-17(7-11-20)14-15-23(16-18-4-2-1-3-5-18)29(27,28)21-12-8-19(9-13-21)22(25)26/h1-13,24H,14-16H2,(H,25,26). The molecule has 3 rings (SSSR count). The number of phenols is 1. The lowest BCUT2D eigenvalue weighted by atomic mass is 10.1. The van der Waals surface area contributed by atoms with Crippen molar-refractivity contribution in [3.63, 3.8) is 0 Å². The number of rotatable bonds is 8. The summed E-state index contributed by atoms with van der Waals surface area (Å²) in [4.78, 5) is 11.1. The molecule has 0 aromatic heterocycles. The van der Waals surface area contributed by atoms with Gasteiger partial charge in [-0.25, -0.2) is 13.2 Å². The van der Waals surface area contributed by atoms with Crippen molar-refractivity contribution in [2.45, 2.75) is 17.9 Å². The first kappa shape index (κ1) is 20.6. The van der Waals surface area contributed by atoms with Crippen molar-refractivity contribution in [2.24, 2.45) is 0 Å². The first-order valence-electron chi connectivity index (χ1n) is 9.01. The van der Waals surface area contributed by atoms with Crippen LogP contribution >= 0.6 is 0 Å². The molecule has 6 nitrogen and oxygen atoms in total. The highest BCUT2D eigenvalue weighted by atomic mass is 32.2. The van der Waals surface area contributed by atoms with Gasteiger partial charge in [0.25, 0.3) is 0 Å². The third-order valence-electron chi connectivity index (χ3n) is 4.53. The van der Waals surface area contributed by atoms with Gasteiger partial charge in [0.2, 0.25) is 10.0 Å². The van der Waals surface area contributed by atoms with Gasteiger partial charge in [-0.05, 0) is 53.9 Å². The molecule has 0 saturated carbocycles. The van der Waals surface area contributed by atoms with Gasteiger partial charge in [-0.15, -0.1) is 0 Å². The first-order chi connectivity index (χ1) is 13.9. The SMILES string of the molecule is O=C(O)c1ccc(S(=O)(=O)N(CCc2ccc(O)cc2)Cc2ccccc2)cc1. The van der Waals surface area contributed by atoms with Crippen molar-refractivity contribution in [3.05, 3.63) is 95.6 Å². The van der Waals surface area contributed by atoms with Crippen molar-refractivity contribution in [1.29, 1.82) is 0 Å². The molecular formula is C22H21NO5S. The van der Waals surface area contributed by atoms with Crippen LogP contribution in [0, 0.1) is 0 Å². The minimum absolute atomic E-state index is 0.0302. The van der Waals surface area contributed by atoms with Gasteiger partial charge >= 0.3 is 5.97 Å². The highest BCUT2D eigenvalue weighted by Crippen LogP contribution is 2.20. The molecule has 0 unspecified atom stereocenters. The zero-order chi connectivity index (χ0) is 20.9.